The maximum atomic E-state index is 11.6. The minimum Gasteiger partial charge on any atom is -0.481 e. The molecule has 0 unspecified atom stereocenters. The average molecular weight is 326 g/mol. The number of hydrogen-bond donors (Lipinski definition) is 2. The molecule has 0 atom stereocenters. The number of nitrogens with zero attached hydrogens (tertiary/aromatic N) is 1. The Labute approximate surface area is 133 Å². The first kappa shape index (κ1) is 20.2. The van der Waals surface area contributed by atoms with Gasteiger partial charge in [0, 0.05) is 12.8 Å². The quantitative estimate of drug-likeness (QED) is 0.352. The smallest absolute Gasteiger partial charge is 0.428 e. The number of aliphatic carboxylic acids is 1. The highest BCUT2D eigenvalue weighted by Crippen LogP contribution is 2.06. The SMILES string of the molecule is CC(C)(C)OC(=O)N/N=C(\C#C[Si](C)(C)C)CCCC(=O)O. The molecule has 0 radical (unpaired) electrons. The molecule has 0 aromatic rings. The number of carboxylic acid groups (broad SMARTS) is 1. The molecule has 0 aliphatic rings. The van der Waals surface area contributed by atoms with E-state index in [1.165, 1.54) is 0 Å². The van der Waals surface area contributed by atoms with Crippen molar-refractivity contribution in [2.75, 3.05) is 0 Å². The van der Waals surface area contributed by atoms with E-state index < -0.39 is 25.7 Å². The highest BCUT2D eigenvalue weighted by Gasteiger charge is 2.15. The Morgan fingerprint density at radius 2 is 1.82 bits per heavy atom. The van der Waals surface area contributed by atoms with E-state index in [9.17, 15) is 9.59 Å². The van der Waals surface area contributed by atoms with Crippen molar-refractivity contribution in [1.29, 1.82) is 0 Å². The molecule has 0 bridgehead atoms. The van der Waals surface area contributed by atoms with Crippen molar-refractivity contribution in [2.45, 2.75) is 65.3 Å². The lowest BCUT2D eigenvalue weighted by Gasteiger charge is -2.18. The fourth-order valence-corrected chi connectivity index (χ4v) is 1.75. The molecule has 124 valence electrons. The van der Waals surface area contributed by atoms with E-state index in [0.717, 1.165) is 0 Å². The van der Waals surface area contributed by atoms with Gasteiger partial charge in [0.25, 0.3) is 0 Å². The van der Waals surface area contributed by atoms with Crippen LogP contribution < -0.4 is 5.43 Å². The van der Waals surface area contributed by atoms with Crippen LogP contribution in [0, 0.1) is 11.5 Å². The van der Waals surface area contributed by atoms with Gasteiger partial charge in [-0.15, -0.1) is 5.54 Å². The molecule has 0 saturated carbocycles. The van der Waals surface area contributed by atoms with Gasteiger partial charge >= 0.3 is 12.1 Å². The Hall–Kier alpha value is -1.81. The molecule has 0 fully saturated rings. The van der Waals surface area contributed by atoms with Crippen molar-refractivity contribution in [1.82, 2.24) is 5.43 Å². The molecule has 0 heterocycles. The zero-order valence-electron chi connectivity index (χ0n) is 14.2. The van der Waals surface area contributed by atoms with Crippen molar-refractivity contribution in [3.8, 4) is 11.5 Å². The predicted octanol–water partition coefficient (Wildman–Crippen LogP) is 3.00. The summed E-state index contributed by atoms with van der Waals surface area (Å²) in [6, 6.07) is 0. The summed E-state index contributed by atoms with van der Waals surface area (Å²) < 4.78 is 5.09. The molecular formula is C15H26N2O4Si. The van der Waals surface area contributed by atoms with Crippen LogP contribution in [0.4, 0.5) is 4.79 Å². The van der Waals surface area contributed by atoms with E-state index in [0.29, 0.717) is 18.6 Å². The number of rotatable bonds is 5. The van der Waals surface area contributed by atoms with Crippen LogP contribution in [0.2, 0.25) is 19.6 Å². The third-order valence-corrected chi connectivity index (χ3v) is 2.94. The Kier molecular flexibility index (Phi) is 7.88. The largest absolute Gasteiger partial charge is 0.481 e. The lowest BCUT2D eigenvalue weighted by atomic mass is 10.2. The minimum atomic E-state index is -1.58. The molecule has 22 heavy (non-hydrogen) atoms. The Morgan fingerprint density at radius 3 is 2.27 bits per heavy atom. The van der Waals surface area contributed by atoms with E-state index in [-0.39, 0.29) is 6.42 Å². The van der Waals surface area contributed by atoms with Gasteiger partial charge in [0.1, 0.15) is 19.4 Å². The number of carbonyl (C=O) groups excluding carboxylic acids is 1. The van der Waals surface area contributed by atoms with E-state index in [2.05, 4.69) is 41.6 Å². The maximum absolute atomic E-state index is 11.6. The number of hydrogen-bond acceptors (Lipinski definition) is 4. The van der Waals surface area contributed by atoms with Crippen molar-refractivity contribution in [2.24, 2.45) is 5.10 Å². The second-order valence-corrected chi connectivity index (χ2v) is 11.7. The van der Waals surface area contributed by atoms with Crippen LogP contribution in [-0.2, 0) is 9.53 Å². The zero-order valence-corrected chi connectivity index (χ0v) is 15.2. The van der Waals surface area contributed by atoms with E-state index in [1.807, 2.05) is 0 Å². The average Bonchev–Trinajstić information content (AvgIpc) is 2.28. The molecule has 2 N–H and O–H groups in total. The first-order valence-corrected chi connectivity index (χ1v) is 10.7. The summed E-state index contributed by atoms with van der Waals surface area (Å²) in [5.41, 5.74) is 5.32. The predicted molar refractivity (Wildman–Crippen MR) is 89.4 cm³/mol. The number of amides is 1. The molecule has 0 spiro atoms. The second-order valence-electron chi connectivity index (χ2n) is 6.92. The summed E-state index contributed by atoms with van der Waals surface area (Å²) in [5, 5.41) is 12.6. The fourth-order valence-electron chi connectivity index (χ4n) is 1.23. The summed E-state index contributed by atoms with van der Waals surface area (Å²) in [6.07, 6.45) is 0.211. The minimum absolute atomic E-state index is 0.0417. The molecule has 0 saturated heterocycles. The van der Waals surface area contributed by atoms with Crippen LogP contribution in [0.3, 0.4) is 0 Å². The highest BCUT2D eigenvalue weighted by molar-refractivity contribution is 6.84. The highest BCUT2D eigenvalue weighted by atomic mass is 28.3. The van der Waals surface area contributed by atoms with E-state index in [1.54, 1.807) is 20.8 Å². The van der Waals surface area contributed by atoms with E-state index in [4.69, 9.17) is 9.84 Å². The third-order valence-electron chi connectivity index (χ3n) is 2.07. The van der Waals surface area contributed by atoms with Gasteiger partial charge in [0.05, 0.1) is 0 Å². The third kappa shape index (κ3) is 13.2. The van der Waals surface area contributed by atoms with Crippen LogP contribution in [-0.4, -0.2) is 36.6 Å². The van der Waals surface area contributed by atoms with Gasteiger partial charge in [0.15, 0.2) is 0 Å². The van der Waals surface area contributed by atoms with Crippen molar-refractivity contribution >= 4 is 25.8 Å². The van der Waals surface area contributed by atoms with Crippen LogP contribution in [0.25, 0.3) is 0 Å². The number of carbonyl (C=O) groups is 2. The number of ether oxygens (including phenoxy) is 1. The normalized spacial score (nSPS) is 12.2. The first-order valence-electron chi connectivity index (χ1n) is 7.19. The van der Waals surface area contributed by atoms with Gasteiger partial charge < -0.3 is 9.84 Å². The summed E-state index contributed by atoms with van der Waals surface area (Å²) >= 11 is 0. The second kappa shape index (κ2) is 8.59. The molecule has 0 aliphatic heterocycles. The maximum Gasteiger partial charge on any atom is 0.428 e. The van der Waals surface area contributed by atoms with Crippen molar-refractivity contribution < 1.29 is 19.4 Å². The van der Waals surface area contributed by atoms with Gasteiger partial charge in [-0.3, -0.25) is 4.79 Å². The summed E-state index contributed by atoms with van der Waals surface area (Å²) in [7, 11) is -1.58. The molecule has 0 aromatic heterocycles. The lowest BCUT2D eigenvalue weighted by Crippen LogP contribution is -2.30. The molecule has 6 nitrogen and oxygen atoms in total. The van der Waals surface area contributed by atoms with Crippen LogP contribution in [0.5, 0.6) is 0 Å². The topological polar surface area (TPSA) is 88.0 Å². The molecule has 0 aromatic carbocycles. The molecule has 0 rings (SSSR count). The summed E-state index contributed by atoms with van der Waals surface area (Å²) in [4.78, 5) is 22.1. The van der Waals surface area contributed by atoms with Crippen LogP contribution >= 0.6 is 0 Å². The Morgan fingerprint density at radius 1 is 1.23 bits per heavy atom. The number of nitrogens with one attached hydrogen (secondary N) is 1. The Balaban J connectivity index is 4.81. The summed E-state index contributed by atoms with van der Waals surface area (Å²) in [6.45, 7) is 11.6. The molecule has 1 amide bonds. The fraction of sp³-hybridized carbons (Fsp3) is 0.667. The zero-order chi connectivity index (χ0) is 17.4. The van der Waals surface area contributed by atoms with Gasteiger partial charge in [-0.25, -0.2) is 10.2 Å². The Bertz CT molecular complexity index is 490. The number of hydrazone groups is 1. The standard InChI is InChI=1S/C15H26N2O4Si/c1-15(2,3)21-14(20)17-16-12(8-7-9-13(18)19)10-11-22(4,5)6/h7-9H2,1-6H3,(H,17,20)(H,18,19)/b16-12-. The molecular weight excluding hydrogens is 300 g/mol. The molecule has 7 heteroatoms. The van der Waals surface area contributed by atoms with Crippen LogP contribution in [0.15, 0.2) is 5.10 Å². The van der Waals surface area contributed by atoms with Crippen LogP contribution in [0.1, 0.15) is 40.0 Å². The monoisotopic (exact) mass is 326 g/mol. The first-order chi connectivity index (χ1) is 9.89. The van der Waals surface area contributed by atoms with Crippen molar-refractivity contribution in [3.63, 3.8) is 0 Å². The summed E-state index contributed by atoms with van der Waals surface area (Å²) in [5.74, 6) is 2.09. The number of carboxylic acids is 1. The van der Waals surface area contributed by atoms with Crippen molar-refractivity contribution in [3.05, 3.63) is 0 Å². The molecule has 0 aliphatic carbocycles. The van der Waals surface area contributed by atoms with Gasteiger partial charge in [0.2, 0.25) is 0 Å². The van der Waals surface area contributed by atoms with Gasteiger partial charge in [-0.1, -0.05) is 25.6 Å². The lowest BCUT2D eigenvalue weighted by molar-refractivity contribution is -0.137. The van der Waals surface area contributed by atoms with E-state index >= 15 is 0 Å². The van der Waals surface area contributed by atoms with Gasteiger partial charge in [-0.2, -0.15) is 5.10 Å². The van der Waals surface area contributed by atoms with Gasteiger partial charge in [-0.05, 0) is 27.2 Å².